The van der Waals surface area contributed by atoms with Crippen molar-refractivity contribution >= 4 is 39.2 Å². The van der Waals surface area contributed by atoms with Crippen LogP contribution in [0.3, 0.4) is 0 Å². The molecule has 8 heteroatoms. The summed E-state index contributed by atoms with van der Waals surface area (Å²) in [6, 6.07) is 3.97. The van der Waals surface area contributed by atoms with Crippen molar-refractivity contribution < 1.29 is 17.9 Å². The Bertz CT molecular complexity index is 525. The minimum absolute atomic E-state index is 0.0511. The zero-order chi connectivity index (χ0) is 13.8. The normalized spacial score (nSPS) is 11.3. The summed E-state index contributed by atoms with van der Waals surface area (Å²) in [5.41, 5.74) is 0. The first kappa shape index (κ1) is 15.2. The highest BCUT2D eigenvalue weighted by Crippen LogP contribution is 2.22. The van der Waals surface area contributed by atoms with Gasteiger partial charge in [-0.15, -0.1) is 0 Å². The van der Waals surface area contributed by atoms with E-state index in [4.69, 9.17) is 23.2 Å². The van der Waals surface area contributed by atoms with Crippen molar-refractivity contribution in [2.45, 2.75) is 11.3 Å². The summed E-state index contributed by atoms with van der Waals surface area (Å²) in [5.74, 6) is -0.498. The van der Waals surface area contributed by atoms with Gasteiger partial charge in [-0.2, -0.15) is 0 Å². The second kappa shape index (κ2) is 6.38. The molecule has 0 amide bonds. The topological polar surface area (TPSA) is 72.5 Å². The molecule has 1 rings (SSSR count). The SMILES string of the molecule is COC(=O)CCNS(=O)(=O)c1cc(Cl)cc(Cl)c1. The summed E-state index contributed by atoms with van der Waals surface area (Å²) < 4.78 is 30.3. The van der Waals surface area contributed by atoms with E-state index in [1.807, 2.05) is 0 Å². The summed E-state index contributed by atoms with van der Waals surface area (Å²) in [6.45, 7) is -0.0564. The fourth-order valence-electron chi connectivity index (χ4n) is 1.16. The van der Waals surface area contributed by atoms with Gasteiger partial charge in [-0.1, -0.05) is 23.2 Å². The first-order valence-corrected chi connectivity index (χ1v) is 7.11. The molecule has 0 spiro atoms. The van der Waals surface area contributed by atoms with Crippen LogP contribution in [0.4, 0.5) is 0 Å². The highest BCUT2D eigenvalue weighted by atomic mass is 35.5. The third-order valence-corrected chi connectivity index (χ3v) is 3.87. The van der Waals surface area contributed by atoms with Gasteiger partial charge in [0.15, 0.2) is 0 Å². The molecule has 0 fully saturated rings. The van der Waals surface area contributed by atoms with Crippen LogP contribution in [0.25, 0.3) is 0 Å². The van der Waals surface area contributed by atoms with Crippen LogP contribution in [0.5, 0.6) is 0 Å². The molecule has 1 aromatic rings. The number of carbonyl (C=O) groups excluding carboxylic acids is 1. The first-order chi connectivity index (χ1) is 8.35. The molecule has 0 bridgehead atoms. The van der Waals surface area contributed by atoms with E-state index in [0.717, 1.165) is 0 Å². The molecule has 0 heterocycles. The van der Waals surface area contributed by atoms with E-state index in [-0.39, 0.29) is 27.9 Å². The number of ether oxygens (including phenoxy) is 1. The molecule has 0 aliphatic heterocycles. The van der Waals surface area contributed by atoms with Gasteiger partial charge >= 0.3 is 5.97 Å². The van der Waals surface area contributed by atoms with E-state index >= 15 is 0 Å². The van der Waals surface area contributed by atoms with Gasteiger partial charge in [0.05, 0.1) is 18.4 Å². The number of carbonyl (C=O) groups is 1. The number of sulfonamides is 1. The maximum absolute atomic E-state index is 11.8. The standard InChI is InChI=1S/C10H11Cl2NO4S/c1-17-10(14)2-3-13-18(15,16)9-5-7(11)4-8(12)6-9/h4-6,13H,2-3H2,1H3. The summed E-state index contributed by atoms with van der Waals surface area (Å²) in [6.07, 6.45) is -0.0516. The lowest BCUT2D eigenvalue weighted by Crippen LogP contribution is -2.26. The fourth-order valence-corrected chi connectivity index (χ4v) is 2.91. The van der Waals surface area contributed by atoms with Crippen LogP contribution in [0, 0.1) is 0 Å². The summed E-state index contributed by atoms with van der Waals surface area (Å²) in [7, 11) is -2.51. The Balaban J connectivity index is 2.77. The van der Waals surface area contributed by atoms with Gasteiger partial charge in [0.25, 0.3) is 0 Å². The maximum Gasteiger partial charge on any atom is 0.306 e. The molecular weight excluding hydrogens is 301 g/mol. The van der Waals surface area contributed by atoms with Crippen molar-refractivity contribution in [2.24, 2.45) is 0 Å². The average Bonchev–Trinajstić information content (AvgIpc) is 2.27. The van der Waals surface area contributed by atoms with Crippen LogP contribution in [-0.4, -0.2) is 28.0 Å². The second-order valence-electron chi connectivity index (χ2n) is 3.33. The lowest BCUT2D eigenvalue weighted by atomic mass is 10.4. The van der Waals surface area contributed by atoms with Crippen LogP contribution in [0.2, 0.25) is 10.0 Å². The molecule has 100 valence electrons. The van der Waals surface area contributed by atoms with Crippen LogP contribution >= 0.6 is 23.2 Å². The Labute approximate surface area is 115 Å². The molecule has 0 aromatic heterocycles. The fraction of sp³-hybridized carbons (Fsp3) is 0.300. The van der Waals surface area contributed by atoms with E-state index in [2.05, 4.69) is 9.46 Å². The molecule has 0 saturated heterocycles. The second-order valence-corrected chi connectivity index (χ2v) is 5.97. The number of benzene rings is 1. The van der Waals surface area contributed by atoms with Crippen molar-refractivity contribution in [3.63, 3.8) is 0 Å². The van der Waals surface area contributed by atoms with Crippen LogP contribution in [0.1, 0.15) is 6.42 Å². The number of hydrogen-bond donors (Lipinski definition) is 1. The van der Waals surface area contributed by atoms with E-state index in [1.54, 1.807) is 0 Å². The zero-order valence-electron chi connectivity index (χ0n) is 9.44. The molecular formula is C10H11Cl2NO4S. The Morgan fingerprint density at radius 3 is 2.33 bits per heavy atom. The van der Waals surface area contributed by atoms with Crippen molar-refractivity contribution in [2.75, 3.05) is 13.7 Å². The van der Waals surface area contributed by atoms with Crippen molar-refractivity contribution in [3.05, 3.63) is 28.2 Å². The van der Waals surface area contributed by atoms with E-state index in [0.29, 0.717) is 0 Å². The molecule has 0 saturated carbocycles. The third-order valence-electron chi connectivity index (χ3n) is 2.00. The van der Waals surface area contributed by atoms with Crippen molar-refractivity contribution in [3.8, 4) is 0 Å². The summed E-state index contributed by atoms with van der Waals surface area (Å²) in [4.78, 5) is 10.8. The van der Waals surface area contributed by atoms with Crippen LogP contribution < -0.4 is 4.72 Å². The van der Waals surface area contributed by atoms with E-state index in [1.165, 1.54) is 25.3 Å². The highest BCUT2D eigenvalue weighted by molar-refractivity contribution is 7.89. The van der Waals surface area contributed by atoms with Gasteiger partial charge < -0.3 is 4.74 Å². The monoisotopic (exact) mass is 311 g/mol. The van der Waals surface area contributed by atoms with Gasteiger partial charge in [-0.25, -0.2) is 13.1 Å². The molecule has 0 atom stereocenters. The largest absolute Gasteiger partial charge is 0.469 e. The van der Waals surface area contributed by atoms with Crippen LogP contribution in [0.15, 0.2) is 23.1 Å². The highest BCUT2D eigenvalue weighted by Gasteiger charge is 2.15. The lowest BCUT2D eigenvalue weighted by molar-refractivity contribution is -0.140. The Morgan fingerprint density at radius 2 is 1.83 bits per heavy atom. The van der Waals surface area contributed by atoms with E-state index in [9.17, 15) is 13.2 Å². The smallest absolute Gasteiger partial charge is 0.306 e. The zero-order valence-corrected chi connectivity index (χ0v) is 11.8. The van der Waals surface area contributed by atoms with Gasteiger partial charge in [0, 0.05) is 16.6 Å². The molecule has 1 aromatic carbocycles. The lowest BCUT2D eigenvalue weighted by Gasteiger charge is -2.07. The molecule has 5 nitrogen and oxygen atoms in total. The van der Waals surface area contributed by atoms with Crippen molar-refractivity contribution in [1.29, 1.82) is 0 Å². The first-order valence-electron chi connectivity index (χ1n) is 4.88. The number of methoxy groups -OCH3 is 1. The Morgan fingerprint density at radius 1 is 1.28 bits per heavy atom. The van der Waals surface area contributed by atoms with Gasteiger partial charge in [0.1, 0.15) is 0 Å². The molecule has 0 radical (unpaired) electrons. The van der Waals surface area contributed by atoms with Gasteiger partial charge in [-0.05, 0) is 18.2 Å². The maximum atomic E-state index is 11.8. The van der Waals surface area contributed by atoms with Gasteiger partial charge in [-0.3, -0.25) is 4.79 Å². The predicted octanol–water partition coefficient (Wildman–Crippen LogP) is 1.83. The van der Waals surface area contributed by atoms with Crippen LogP contribution in [-0.2, 0) is 19.6 Å². The Hall–Kier alpha value is -0.820. The number of nitrogens with one attached hydrogen (secondary N) is 1. The minimum Gasteiger partial charge on any atom is -0.469 e. The summed E-state index contributed by atoms with van der Waals surface area (Å²) in [5, 5.41) is 0.437. The number of rotatable bonds is 5. The minimum atomic E-state index is -3.74. The molecule has 0 unspecified atom stereocenters. The summed E-state index contributed by atoms with van der Waals surface area (Å²) >= 11 is 11.4. The molecule has 0 aliphatic carbocycles. The molecule has 1 N–H and O–H groups in total. The third kappa shape index (κ3) is 4.45. The predicted molar refractivity (Wildman–Crippen MR) is 68.3 cm³/mol. The quantitative estimate of drug-likeness (QED) is 0.842. The Kier molecular flexibility index (Phi) is 5.40. The number of halogens is 2. The van der Waals surface area contributed by atoms with Crippen molar-refractivity contribution in [1.82, 2.24) is 4.72 Å². The number of esters is 1. The van der Waals surface area contributed by atoms with E-state index < -0.39 is 16.0 Å². The molecule has 0 aliphatic rings. The number of hydrogen-bond acceptors (Lipinski definition) is 4. The molecule has 18 heavy (non-hydrogen) atoms. The average molecular weight is 312 g/mol. The van der Waals surface area contributed by atoms with Gasteiger partial charge in [0.2, 0.25) is 10.0 Å².